The molecule has 4 bridgehead atoms. The van der Waals surface area contributed by atoms with Crippen molar-refractivity contribution in [3.63, 3.8) is 0 Å². The SMILES string of the molecule is CC(C)=C1[C@H]2C=C[C@@H]1[C@@]13C(=O)OC(=O)[C@@]21[C@H]1C=C[C@@H]3C1. The normalized spacial score (nSPS) is 52.8. The lowest BCUT2D eigenvalue weighted by Crippen LogP contribution is -2.50. The van der Waals surface area contributed by atoms with E-state index >= 15 is 0 Å². The highest BCUT2D eigenvalue weighted by atomic mass is 16.6. The Morgan fingerprint density at radius 2 is 1.50 bits per heavy atom. The van der Waals surface area contributed by atoms with Crippen LogP contribution in [0.2, 0.25) is 0 Å². The average Bonchev–Trinajstić information content (AvgIpc) is 3.14. The fourth-order valence-electron chi connectivity index (χ4n) is 6.15. The molecule has 102 valence electrons. The largest absolute Gasteiger partial charge is 0.392 e. The van der Waals surface area contributed by atoms with Crippen LogP contribution in [0.4, 0.5) is 0 Å². The second-order valence-corrected chi connectivity index (χ2v) is 7.04. The van der Waals surface area contributed by atoms with Crippen LogP contribution in [0.25, 0.3) is 0 Å². The van der Waals surface area contributed by atoms with Crippen molar-refractivity contribution in [1.82, 2.24) is 0 Å². The minimum Gasteiger partial charge on any atom is -0.392 e. The number of carbonyl (C=O) groups is 2. The predicted molar refractivity (Wildman–Crippen MR) is 71.2 cm³/mol. The van der Waals surface area contributed by atoms with Crippen molar-refractivity contribution in [3.05, 3.63) is 35.5 Å². The molecule has 20 heavy (non-hydrogen) atoms. The summed E-state index contributed by atoms with van der Waals surface area (Å²) in [7, 11) is 0. The van der Waals surface area contributed by atoms with Crippen molar-refractivity contribution >= 4 is 11.9 Å². The Kier molecular flexibility index (Phi) is 1.58. The molecule has 0 unspecified atom stereocenters. The molecule has 6 atom stereocenters. The zero-order valence-corrected chi connectivity index (χ0v) is 11.6. The molecule has 3 fully saturated rings. The first-order valence-electron chi connectivity index (χ1n) is 7.37. The van der Waals surface area contributed by atoms with Gasteiger partial charge in [0.05, 0.1) is 0 Å². The van der Waals surface area contributed by atoms with Crippen LogP contribution in [0.1, 0.15) is 20.3 Å². The third-order valence-corrected chi connectivity index (χ3v) is 6.52. The maximum Gasteiger partial charge on any atom is 0.322 e. The second-order valence-electron chi connectivity index (χ2n) is 7.04. The number of carbonyl (C=O) groups excluding carboxylic acids is 2. The van der Waals surface area contributed by atoms with Gasteiger partial charge in [0, 0.05) is 11.8 Å². The Balaban J connectivity index is 1.92. The van der Waals surface area contributed by atoms with Crippen molar-refractivity contribution in [2.45, 2.75) is 20.3 Å². The van der Waals surface area contributed by atoms with E-state index in [9.17, 15) is 9.59 Å². The highest BCUT2D eigenvalue weighted by molar-refractivity contribution is 6.06. The van der Waals surface area contributed by atoms with Gasteiger partial charge in [-0.15, -0.1) is 0 Å². The summed E-state index contributed by atoms with van der Waals surface area (Å²) in [6, 6.07) is 0. The first kappa shape index (κ1) is 11.1. The molecule has 2 saturated carbocycles. The smallest absolute Gasteiger partial charge is 0.322 e. The summed E-state index contributed by atoms with van der Waals surface area (Å²) in [5, 5.41) is 0. The van der Waals surface area contributed by atoms with Crippen molar-refractivity contribution in [2.24, 2.45) is 34.5 Å². The van der Waals surface area contributed by atoms with Crippen LogP contribution in [-0.2, 0) is 14.3 Å². The van der Waals surface area contributed by atoms with Crippen molar-refractivity contribution in [2.75, 3.05) is 0 Å². The molecule has 4 aliphatic carbocycles. The molecule has 0 spiro atoms. The Labute approximate surface area is 117 Å². The molecule has 0 N–H and O–H groups in total. The molecule has 0 amide bonds. The number of rotatable bonds is 0. The molecular formula is C17H16O3. The molecule has 0 radical (unpaired) electrons. The number of fused-ring (bicyclic) bond motifs is 4. The Bertz CT molecular complexity index is 630. The third kappa shape index (κ3) is 0.717. The molecule has 5 rings (SSSR count). The zero-order chi connectivity index (χ0) is 13.9. The van der Waals surface area contributed by atoms with Gasteiger partial charge in [-0.3, -0.25) is 9.59 Å². The predicted octanol–water partition coefficient (Wildman–Crippen LogP) is 2.40. The Hall–Kier alpha value is -1.64. The van der Waals surface area contributed by atoms with Crippen LogP contribution in [0.5, 0.6) is 0 Å². The van der Waals surface area contributed by atoms with Gasteiger partial charge in [-0.1, -0.05) is 35.5 Å². The topological polar surface area (TPSA) is 43.4 Å². The molecule has 0 aromatic carbocycles. The van der Waals surface area contributed by atoms with Gasteiger partial charge in [0.2, 0.25) is 0 Å². The first-order chi connectivity index (χ1) is 9.56. The third-order valence-electron chi connectivity index (χ3n) is 6.52. The molecule has 0 aromatic rings. The standard InChI is InChI=1S/C17H16O3/c1-8(2)13-11-5-6-12(13)17-10-4-3-9(7-10)16(11,17)14(18)20-15(17)19/h3-6,9-12H,7H2,1-2H3/t9-,10+,11+,12-,16+,17-. The van der Waals surface area contributed by atoms with E-state index in [1.54, 1.807) is 0 Å². The highest BCUT2D eigenvalue weighted by Crippen LogP contribution is 2.81. The van der Waals surface area contributed by atoms with Gasteiger partial charge in [0.25, 0.3) is 0 Å². The number of allylic oxidation sites excluding steroid dienone is 6. The van der Waals surface area contributed by atoms with Gasteiger partial charge < -0.3 is 4.74 Å². The Morgan fingerprint density at radius 3 is 1.95 bits per heavy atom. The highest BCUT2D eigenvalue weighted by Gasteiger charge is 2.87. The van der Waals surface area contributed by atoms with Crippen molar-refractivity contribution < 1.29 is 14.3 Å². The monoisotopic (exact) mass is 268 g/mol. The lowest BCUT2D eigenvalue weighted by Gasteiger charge is -2.41. The summed E-state index contributed by atoms with van der Waals surface area (Å²) >= 11 is 0. The van der Waals surface area contributed by atoms with Crippen LogP contribution in [0.15, 0.2) is 35.5 Å². The zero-order valence-electron chi connectivity index (χ0n) is 11.6. The Morgan fingerprint density at radius 1 is 1.00 bits per heavy atom. The van der Waals surface area contributed by atoms with Crippen LogP contribution in [-0.4, -0.2) is 11.9 Å². The first-order valence-corrected chi connectivity index (χ1v) is 7.37. The fourth-order valence-corrected chi connectivity index (χ4v) is 6.15. The molecule has 1 saturated heterocycles. The summed E-state index contributed by atoms with van der Waals surface area (Å²) in [5.41, 5.74) is 1.29. The molecule has 0 aromatic heterocycles. The molecule has 1 aliphatic heterocycles. The molecule has 3 heteroatoms. The number of esters is 2. The van der Waals surface area contributed by atoms with Gasteiger partial charge in [0.15, 0.2) is 0 Å². The van der Waals surface area contributed by atoms with Gasteiger partial charge in [-0.05, 0) is 32.1 Å². The summed E-state index contributed by atoms with van der Waals surface area (Å²) in [6.45, 7) is 4.19. The van der Waals surface area contributed by atoms with E-state index in [2.05, 4.69) is 38.2 Å². The number of hydrogen-bond acceptors (Lipinski definition) is 3. The maximum absolute atomic E-state index is 12.7. The molecule has 5 aliphatic rings. The van der Waals surface area contributed by atoms with E-state index in [0.29, 0.717) is 0 Å². The van der Waals surface area contributed by atoms with Gasteiger partial charge in [-0.25, -0.2) is 0 Å². The molecule has 3 nitrogen and oxygen atoms in total. The van der Waals surface area contributed by atoms with Gasteiger partial charge in [-0.2, -0.15) is 0 Å². The second kappa shape index (κ2) is 2.85. The lowest BCUT2D eigenvalue weighted by molar-refractivity contribution is -0.158. The quantitative estimate of drug-likeness (QED) is 0.385. The number of ether oxygens (including phenoxy) is 1. The maximum atomic E-state index is 12.7. The summed E-state index contributed by atoms with van der Waals surface area (Å²) in [5.74, 6) is -0.0702. The van der Waals surface area contributed by atoms with E-state index < -0.39 is 10.8 Å². The van der Waals surface area contributed by atoms with Crippen LogP contribution in [0.3, 0.4) is 0 Å². The minimum atomic E-state index is -0.629. The van der Waals surface area contributed by atoms with Crippen molar-refractivity contribution in [3.8, 4) is 0 Å². The van der Waals surface area contributed by atoms with Crippen LogP contribution >= 0.6 is 0 Å². The van der Waals surface area contributed by atoms with Crippen molar-refractivity contribution in [1.29, 1.82) is 0 Å². The fraction of sp³-hybridized carbons (Fsp3) is 0.529. The van der Waals surface area contributed by atoms with E-state index in [-0.39, 0.29) is 35.6 Å². The van der Waals surface area contributed by atoms with Gasteiger partial charge in [0.1, 0.15) is 10.8 Å². The lowest BCUT2D eigenvalue weighted by atomic mass is 9.54. The molecule has 1 heterocycles. The minimum absolute atomic E-state index is 0.0661. The number of hydrogen-bond donors (Lipinski definition) is 0. The molecular weight excluding hydrogens is 252 g/mol. The van der Waals surface area contributed by atoms with Crippen LogP contribution < -0.4 is 0 Å². The summed E-state index contributed by atoms with van der Waals surface area (Å²) in [6.07, 6.45) is 9.55. The van der Waals surface area contributed by atoms with Gasteiger partial charge >= 0.3 is 11.9 Å². The average molecular weight is 268 g/mol. The van der Waals surface area contributed by atoms with E-state index in [4.69, 9.17) is 4.74 Å². The van der Waals surface area contributed by atoms with E-state index in [0.717, 1.165) is 6.42 Å². The summed E-state index contributed by atoms with van der Waals surface area (Å²) < 4.78 is 5.19. The van der Waals surface area contributed by atoms with Crippen LogP contribution in [0, 0.1) is 34.5 Å². The van der Waals surface area contributed by atoms with E-state index in [1.165, 1.54) is 11.1 Å². The summed E-state index contributed by atoms with van der Waals surface area (Å²) in [4.78, 5) is 25.4. The number of cyclic esters (lactones) is 2. The van der Waals surface area contributed by atoms with E-state index in [1.807, 2.05) is 0 Å².